The average molecular weight is 266 g/mol. The molecule has 0 aliphatic heterocycles. The molecule has 2 nitrogen and oxygen atoms in total. The fourth-order valence-corrected chi connectivity index (χ4v) is 1.80. The molecular weight excluding hydrogens is 253 g/mol. The minimum absolute atomic E-state index is 0.208. The number of rotatable bonds is 3. The molecule has 0 spiro atoms. The number of aryl methyl sites for hydroxylation is 1. The van der Waals surface area contributed by atoms with Gasteiger partial charge in [-0.05, 0) is 36.8 Å². The summed E-state index contributed by atoms with van der Waals surface area (Å²) >= 11 is 6.01. The molecule has 0 fully saturated rings. The first-order chi connectivity index (χ1) is 8.56. The van der Waals surface area contributed by atoms with Gasteiger partial charge >= 0.3 is 0 Å². The number of benzene rings is 2. The van der Waals surface area contributed by atoms with Gasteiger partial charge in [-0.1, -0.05) is 23.7 Å². The molecule has 4 heteroatoms. The van der Waals surface area contributed by atoms with E-state index >= 15 is 0 Å². The van der Waals surface area contributed by atoms with Crippen molar-refractivity contribution < 1.29 is 9.13 Å². The van der Waals surface area contributed by atoms with Crippen LogP contribution < -0.4 is 10.5 Å². The fraction of sp³-hybridized carbons (Fsp3) is 0.143. The van der Waals surface area contributed by atoms with Crippen LogP contribution in [-0.2, 0) is 6.61 Å². The monoisotopic (exact) mass is 265 g/mol. The Bertz CT molecular complexity index is 572. The number of hydrogen-bond donors (Lipinski definition) is 1. The van der Waals surface area contributed by atoms with Gasteiger partial charge in [-0.15, -0.1) is 0 Å². The molecule has 2 aromatic carbocycles. The van der Waals surface area contributed by atoms with E-state index in [0.717, 1.165) is 11.1 Å². The highest BCUT2D eigenvalue weighted by Crippen LogP contribution is 2.23. The van der Waals surface area contributed by atoms with Crippen molar-refractivity contribution in [2.45, 2.75) is 13.5 Å². The Kier molecular flexibility index (Phi) is 3.72. The van der Waals surface area contributed by atoms with Crippen LogP contribution in [0.15, 0.2) is 36.4 Å². The van der Waals surface area contributed by atoms with E-state index in [0.29, 0.717) is 10.7 Å². The molecule has 0 amide bonds. The number of nitrogens with two attached hydrogens (primary N) is 1. The quantitative estimate of drug-likeness (QED) is 0.853. The SMILES string of the molecule is Cc1ccc(F)c(OCc2ccc(N)cc2Cl)c1. The maximum Gasteiger partial charge on any atom is 0.165 e. The molecule has 0 radical (unpaired) electrons. The van der Waals surface area contributed by atoms with Crippen LogP contribution in [0.4, 0.5) is 10.1 Å². The Hall–Kier alpha value is -1.74. The summed E-state index contributed by atoms with van der Waals surface area (Å²) in [5, 5.41) is 0.517. The van der Waals surface area contributed by atoms with Crippen LogP contribution in [0.2, 0.25) is 5.02 Å². The summed E-state index contributed by atoms with van der Waals surface area (Å²) in [4.78, 5) is 0. The number of anilines is 1. The minimum Gasteiger partial charge on any atom is -0.486 e. The molecule has 0 saturated carbocycles. The molecule has 0 aliphatic rings. The highest BCUT2D eigenvalue weighted by Gasteiger charge is 2.06. The summed E-state index contributed by atoms with van der Waals surface area (Å²) < 4.78 is 18.9. The van der Waals surface area contributed by atoms with E-state index in [1.165, 1.54) is 6.07 Å². The smallest absolute Gasteiger partial charge is 0.165 e. The molecule has 0 atom stereocenters. The van der Waals surface area contributed by atoms with Crippen molar-refractivity contribution in [3.63, 3.8) is 0 Å². The molecule has 0 aromatic heterocycles. The first kappa shape index (κ1) is 12.7. The maximum atomic E-state index is 13.5. The molecule has 0 heterocycles. The number of nitrogen functional groups attached to an aromatic ring is 1. The molecule has 94 valence electrons. The zero-order chi connectivity index (χ0) is 13.1. The van der Waals surface area contributed by atoms with Crippen LogP contribution in [-0.4, -0.2) is 0 Å². The predicted molar refractivity (Wildman–Crippen MR) is 71.3 cm³/mol. The van der Waals surface area contributed by atoms with E-state index in [1.54, 1.807) is 30.3 Å². The topological polar surface area (TPSA) is 35.2 Å². The van der Waals surface area contributed by atoms with Crippen LogP contribution in [0.25, 0.3) is 0 Å². The third-order valence-corrected chi connectivity index (χ3v) is 2.90. The Balaban J connectivity index is 2.13. The van der Waals surface area contributed by atoms with Crippen LogP contribution in [0, 0.1) is 12.7 Å². The van der Waals surface area contributed by atoms with Gasteiger partial charge in [0.25, 0.3) is 0 Å². The normalized spacial score (nSPS) is 10.4. The second-order valence-electron chi connectivity index (χ2n) is 4.07. The minimum atomic E-state index is -0.382. The number of hydrogen-bond acceptors (Lipinski definition) is 2. The molecule has 0 aliphatic carbocycles. The van der Waals surface area contributed by atoms with Crippen molar-refractivity contribution in [2.75, 3.05) is 5.73 Å². The van der Waals surface area contributed by atoms with Gasteiger partial charge in [0.05, 0.1) is 0 Å². The third-order valence-electron chi connectivity index (χ3n) is 2.55. The molecule has 2 aromatic rings. The number of ether oxygens (including phenoxy) is 1. The highest BCUT2D eigenvalue weighted by molar-refractivity contribution is 6.31. The molecule has 2 N–H and O–H groups in total. The lowest BCUT2D eigenvalue weighted by Crippen LogP contribution is -1.99. The largest absolute Gasteiger partial charge is 0.486 e. The fourth-order valence-electron chi connectivity index (χ4n) is 1.56. The van der Waals surface area contributed by atoms with E-state index in [4.69, 9.17) is 22.1 Å². The van der Waals surface area contributed by atoms with Crippen molar-refractivity contribution in [1.82, 2.24) is 0 Å². The molecular formula is C14H13ClFNO. The highest BCUT2D eigenvalue weighted by atomic mass is 35.5. The van der Waals surface area contributed by atoms with Crippen molar-refractivity contribution >= 4 is 17.3 Å². The summed E-state index contributed by atoms with van der Waals surface area (Å²) in [7, 11) is 0. The van der Waals surface area contributed by atoms with Crippen molar-refractivity contribution in [3.05, 3.63) is 58.4 Å². The van der Waals surface area contributed by atoms with Crippen molar-refractivity contribution in [3.8, 4) is 5.75 Å². The third kappa shape index (κ3) is 2.93. The maximum absolute atomic E-state index is 13.5. The second kappa shape index (κ2) is 5.27. The van der Waals surface area contributed by atoms with Crippen LogP contribution in [0.1, 0.15) is 11.1 Å². The van der Waals surface area contributed by atoms with Gasteiger partial charge in [-0.2, -0.15) is 0 Å². The number of halogens is 2. The van der Waals surface area contributed by atoms with Gasteiger partial charge in [0.15, 0.2) is 11.6 Å². The second-order valence-corrected chi connectivity index (χ2v) is 4.48. The molecule has 0 unspecified atom stereocenters. The van der Waals surface area contributed by atoms with E-state index in [9.17, 15) is 4.39 Å². The zero-order valence-corrected chi connectivity index (χ0v) is 10.7. The lowest BCUT2D eigenvalue weighted by atomic mass is 10.2. The molecule has 0 bridgehead atoms. The van der Waals surface area contributed by atoms with Gasteiger partial charge in [0.1, 0.15) is 6.61 Å². The zero-order valence-electron chi connectivity index (χ0n) is 9.91. The van der Waals surface area contributed by atoms with Gasteiger partial charge in [0.2, 0.25) is 0 Å². The van der Waals surface area contributed by atoms with Crippen LogP contribution in [0.5, 0.6) is 5.75 Å². The molecule has 18 heavy (non-hydrogen) atoms. The molecule has 2 rings (SSSR count). The first-order valence-corrected chi connectivity index (χ1v) is 5.87. The average Bonchev–Trinajstić information content (AvgIpc) is 2.32. The predicted octanol–water partition coefficient (Wildman–Crippen LogP) is 3.95. The standard InChI is InChI=1S/C14H13ClFNO/c1-9-2-5-13(16)14(6-9)18-8-10-3-4-11(17)7-12(10)15/h2-7H,8,17H2,1H3. The summed E-state index contributed by atoms with van der Waals surface area (Å²) in [5.74, 6) is -0.157. The van der Waals surface area contributed by atoms with E-state index in [1.807, 2.05) is 6.92 Å². The van der Waals surface area contributed by atoms with Gasteiger partial charge in [-0.3, -0.25) is 0 Å². The molecule has 0 saturated heterocycles. The summed E-state index contributed by atoms with van der Waals surface area (Å²) in [6, 6.07) is 9.88. The Labute approximate surface area is 110 Å². The lowest BCUT2D eigenvalue weighted by Gasteiger charge is -2.09. The summed E-state index contributed by atoms with van der Waals surface area (Å²) in [5.41, 5.74) is 7.89. The Morgan fingerprint density at radius 1 is 1.22 bits per heavy atom. The lowest BCUT2D eigenvalue weighted by molar-refractivity contribution is 0.290. The summed E-state index contributed by atoms with van der Waals surface area (Å²) in [6.07, 6.45) is 0. The van der Waals surface area contributed by atoms with Gasteiger partial charge in [-0.25, -0.2) is 4.39 Å². The van der Waals surface area contributed by atoms with Crippen LogP contribution >= 0.6 is 11.6 Å². The Morgan fingerprint density at radius 2 is 2.00 bits per heavy atom. The van der Waals surface area contributed by atoms with Crippen molar-refractivity contribution in [1.29, 1.82) is 0 Å². The Morgan fingerprint density at radius 3 is 2.72 bits per heavy atom. The van der Waals surface area contributed by atoms with Gasteiger partial charge in [0, 0.05) is 16.3 Å². The van der Waals surface area contributed by atoms with E-state index < -0.39 is 0 Å². The first-order valence-electron chi connectivity index (χ1n) is 5.49. The summed E-state index contributed by atoms with van der Waals surface area (Å²) in [6.45, 7) is 2.09. The van der Waals surface area contributed by atoms with E-state index in [2.05, 4.69) is 0 Å². The van der Waals surface area contributed by atoms with Crippen molar-refractivity contribution in [2.24, 2.45) is 0 Å². The van der Waals surface area contributed by atoms with Crippen LogP contribution in [0.3, 0.4) is 0 Å². The van der Waals surface area contributed by atoms with Gasteiger partial charge < -0.3 is 10.5 Å². The van der Waals surface area contributed by atoms with E-state index in [-0.39, 0.29) is 18.2 Å².